The van der Waals surface area contributed by atoms with E-state index in [1.165, 1.54) is 12.1 Å². The lowest BCUT2D eigenvalue weighted by atomic mass is 10.0. The Kier molecular flexibility index (Phi) is 5.37. The number of sulfonamides is 1. The van der Waals surface area contributed by atoms with E-state index in [1.807, 2.05) is 0 Å². The fraction of sp³-hybridized carbons (Fsp3) is 0. The summed E-state index contributed by atoms with van der Waals surface area (Å²) in [5.41, 5.74) is -0.743. The molecule has 10 heteroatoms. The van der Waals surface area contributed by atoms with Crippen molar-refractivity contribution < 1.29 is 26.9 Å². The molecule has 0 aliphatic heterocycles. The molecule has 3 aromatic rings. The molecule has 0 radical (unpaired) electrons. The quantitative estimate of drug-likeness (QED) is 0.371. The van der Waals surface area contributed by atoms with Gasteiger partial charge >= 0.3 is 0 Å². The zero-order chi connectivity index (χ0) is 21.2. The van der Waals surface area contributed by atoms with E-state index in [0.29, 0.717) is 12.1 Å². The van der Waals surface area contributed by atoms with Crippen LogP contribution in [-0.4, -0.2) is 19.1 Å². The molecule has 3 aromatic carbocycles. The van der Waals surface area contributed by atoms with E-state index in [0.717, 1.165) is 24.3 Å². The molecule has 0 atom stereocenters. The van der Waals surface area contributed by atoms with Crippen LogP contribution in [0.15, 0.2) is 71.6 Å². The third-order valence-electron chi connectivity index (χ3n) is 3.94. The molecular formula is C19H12F2N2O5S. The lowest BCUT2D eigenvalue weighted by molar-refractivity contribution is -0.384. The lowest BCUT2D eigenvalue weighted by Gasteiger charge is -2.12. The van der Waals surface area contributed by atoms with Crippen molar-refractivity contribution in [3.05, 3.63) is 99.6 Å². The molecule has 1 N–H and O–H groups in total. The molecule has 0 saturated carbocycles. The van der Waals surface area contributed by atoms with Gasteiger partial charge in [-0.3, -0.25) is 19.6 Å². The van der Waals surface area contributed by atoms with Gasteiger partial charge in [-0.15, -0.1) is 0 Å². The normalized spacial score (nSPS) is 11.1. The highest BCUT2D eigenvalue weighted by atomic mass is 32.2. The highest BCUT2D eigenvalue weighted by Gasteiger charge is 2.23. The number of nitrogens with zero attached hydrogens (tertiary/aromatic N) is 1. The molecule has 0 heterocycles. The number of nitro benzene ring substituents is 1. The van der Waals surface area contributed by atoms with Gasteiger partial charge in [0.1, 0.15) is 0 Å². The van der Waals surface area contributed by atoms with Crippen molar-refractivity contribution in [1.82, 2.24) is 0 Å². The number of carbonyl (C=O) groups is 1. The van der Waals surface area contributed by atoms with Crippen molar-refractivity contribution in [3.8, 4) is 0 Å². The van der Waals surface area contributed by atoms with Gasteiger partial charge in [-0.05, 0) is 24.3 Å². The predicted octanol–water partition coefficient (Wildman–Crippen LogP) is 3.90. The summed E-state index contributed by atoms with van der Waals surface area (Å²) < 4.78 is 53.7. The lowest BCUT2D eigenvalue weighted by Crippen LogP contribution is -2.16. The molecule has 0 aliphatic carbocycles. The first-order valence-corrected chi connectivity index (χ1v) is 9.53. The van der Waals surface area contributed by atoms with Crippen LogP contribution in [0, 0.1) is 21.7 Å². The minimum absolute atomic E-state index is 0.182. The molecular weight excluding hydrogens is 406 g/mol. The first kappa shape index (κ1) is 20.1. The molecule has 0 bridgehead atoms. The second-order valence-electron chi connectivity index (χ2n) is 5.86. The van der Waals surface area contributed by atoms with Crippen LogP contribution in [0.1, 0.15) is 15.9 Å². The minimum Gasteiger partial charge on any atom is -0.289 e. The highest BCUT2D eigenvalue weighted by Crippen LogP contribution is 2.27. The fourth-order valence-electron chi connectivity index (χ4n) is 2.52. The van der Waals surface area contributed by atoms with Crippen molar-refractivity contribution in [3.63, 3.8) is 0 Å². The van der Waals surface area contributed by atoms with Gasteiger partial charge in [0.25, 0.3) is 15.7 Å². The van der Waals surface area contributed by atoms with Crippen molar-refractivity contribution in [2.75, 3.05) is 4.72 Å². The molecule has 0 spiro atoms. The Balaban J connectivity index is 2.07. The third kappa shape index (κ3) is 4.27. The number of ketones is 1. The number of nitrogens with one attached hydrogen (secondary N) is 1. The number of halogens is 2. The fourth-order valence-corrected chi connectivity index (χ4v) is 3.61. The number of hydrogen-bond donors (Lipinski definition) is 1. The molecule has 0 amide bonds. The standard InChI is InChI=1S/C19H12F2N2O5S/c20-16-8-7-14(11-17(16)21)29(27,28)22-18-9-6-13(23(25)26)10-15(18)19(24)12-4-2-1-3-5-12/h1-11,22H. The van der Waals surface area contributed by atoms with E-state index < -0.39 is 42.9 Å². The van der Waals surface area contributed by atoms with Crippen LogP contribution in [0.4, 0.5) is 20.2 Å². The molecule has 0 aliphatic rings. The summed E-state index contributed by atoms with van der Waals surface area (Å²) >= 11 is 0. The summed E-state index contributed by atoms with van der Waals surface area (Å²) in [4.78, 5) is 22.6. The van der Waals surface area contributed by atoms with Gasteiger partial charge in [0.2, 0.25) is 0 Å². The predicted molar refractivity (Wildman–Crippen MR) is 100 cm³/mol. The molecule has 7 nitrogen and oxygen atoms in total. The number of benzene rings is 3. The summed E-state index contributed by atoms with van der Waals surface area (Å²) in [6.45, 7) is 0. The number of rotatable bonds is 6. The van der Waals surface area contributed by atoms with Gasteiger partial charge < -0.3 is 0 Å². The Morgan fingerprint density at radius 1 is 0.931 bits per heavy atom. The zero-order valence-corrected chi connectivity index (χ0v) is 15.3. The van der Waals surface area contributed by atoms with E-state index in [9.17, 15) is 32.1 Å². The smallest absolute Gasteiger partial charge is 0.270 e. The third-order valence-corrected chi connectivity index (χ3v) is 5.30. The van der Waals surface area contributed by atoms with E-state index in [1.54, 1.807) is 18.2 Å². The Morgan fingerprint density at radius 3 is 2.24 bits per heavy atom. The maximum Gasteiger partial charge on any atom is 0.270 e. The van der Waals surface area contributed by atoms with Crippen molar-refractivity contribution >= 4 is 27.2 Å². The van der Waals surface area contributed by atoms with Gasteiger partial charge in [0, 0.05) is 17.7 Å². The average molecular weight is 418 g/mol. The number of anilines is 1. The molecule has 0 saturated heterocycles. The maximum absolute atomic E-state index is 13.4. The Hall–Kier alpha value is -3.66. The van der Waals surface area contributed by atoms with Crippen molar-refractivity contribution in [1.29, 1.82) is 0 Å². The Morgan fingerprint density at radius 2 is 1.62 bits per heavy atom. The van der Waals surface area contributed by atoms with E-state index in [4.69, 9.17) is 0 Å². The first-order valence-electron chi connectivity index (χ1n) is 8.05. The average Bonchev–Trinajstić information content (AvgIpc) is 2.70. The number of non-ortho nitro benzene ring substituents is 1. The Bertz CT molecular complexity index is 1210. The van der Waals surface area contributed by atoms with Crippen LogP contribution >= 0.6 is 0 Å². The van der Waals surface area contributed by atoms with Gasteiger partial charge in [-0.1, -0.05) is 30.3 Å². The monoisotopic (exact) mass is 418 g/mol. The van der Waals surface area contributed by atoms with Gasteiger partial charge in [-0.25, -0.2) is 17.2 Å². The summed E-state index contributed by atoms with van der Waals surface area (Å²) in [6, 6.07) is 12.8. The molecule has 0 fully saturated rings. The van der Waals surface area contributed by atoms with Crippen LogP contribution in [0.3, 0.4) is 0 Å². The SMILES string of the molecule is O=C(c1ccccc1)c1cc([N+](=O)[O-])ccc1NS(=O)(=O)c1ccc(F)c(F)c1. The topological polar surface area (TPSA) is 106 Å². The Labute approximate surface area is 163 Å². The molecule has 3 rings (SSSR count). The second kappa shape index (κ2) is 7.76. The molecule has 29 heavy (non-hydrogen) atoms. The number of nitro groups is 1. The van der Waals surface area contributed by atoms with E-state index >= 15 is 0 Å². The van der Waals surface area contributed by atoms with Crippen LogP contribution in [0.5, 0.6) is 0 Å². The van der Waals surface area contributed by atoms with E-state index in [2.05, 4.69) is 4.72 Å². The van der Waals surface area contributed by atoms with Crippen LogP contribution in [-0.2, 0) is 10.0 Å². The summed E-state index contributed by atoms with van der Waals surface area (Å²) in [7, 11) is -4.40. The minimum atomic E-state index is -4.40. The van der Waals surface area contributed by atoms with Crippen molar-refractivity contribution in [2.45, 2.75) is 4.90 Å². The number of carbonyl (C=O) groups excluding carboxylic acids is 1. The maximum atomic E-state index is 13.4. The van der Waals surface area contributed by atoms with E-state index in [-0.39, 0.29) is 16.8 Å². The molecule has 148 valence electrons. The van der Waals surface area contributed by atoms with Gasteiger partial charge in [0.05, 0.1) is 21.1 Å². The summed E-state index contributed by atoms with van der Waals surface area (Å²) in [5.74, 6) is -3.24. The van der Waals surface area contributed by atoms with Crippen molar-refractivity contribution in [2.24, 2.45) is 0 Å². The van der Waals surface area contributed by atoms with Crippen LogP contribution in [0.2, 0.25) is 0 Å². The highest BCUT2D eigenvalue weighted by molar-refractivity contribution is 7.92. The van der Waals surface area contributed by atoms with Gasteiger partial charge in [-0.2, -0.15) is 0 Å². The van der Waals surface area contributed by atoms with Crippen LogP contribution in [0.25, 0.3) is 0 Å². The summed E-state index contributed by atoms with van der Waals surface area (Å²) in [6.07, 6.45) is 0. The largest absolute Gasteiger partial charge is 0.289 e. The molecule has 0 unspecified atom stereocenters. The zero-order valence-electron chi connectivity index (χ0n) is 14.5. The first-order chi connectivity index (χ1) is 13.7. The summed E-state index contributed by atoms with van der Waals surface area (Å²) in [5, 5.41) is 11.1. The molecule has 0 aromatic heterocycles. The van der Waals surface area contributed by atoms with Gasteiger partial charge in [0.15, 0.2) is 17.4 Å². The second-order valence-corrected chi connectivity index (χ2v) is 7.55. The number of hydrogen-bond acceptors (Lipinski definition) is 5. The van der Waals surface area contributed by atoms with Crippen LogP contribution < -0.4 is 4.72 Å².